The number of rotatable bonds is 8. The van der Waals surface area contributed by atoms with Crippen molar-refractivity contribution in [1.29, 1.82) is 0 Å². The van der Waals surface area contributed by atoms with Crippen molar-refractivity contribution in [2.45, 2.75) is 25.3 Å². The monoisotopic (exact) mass is 539 g/mol. The van der Waals surface area contributed by atoms with E-state index in [0.29, 0.717) is 38.2 Å². The quantitative estimate of drug-likeness (QED) is 0.310. The molecule has 0 aliphatic heterocycles. The Hall–Kier alpha value is -3.96. The number of thiophene rings is 1. The highest BCUT2D eigenvalue weighted by atomic mass is 32.2. The Balaban J connectivity index is 1.55. The van der Waals surface area contributed by atoms with Gasteiger partial charge < -0.3 is 20.5 Å². The minimum atomic E-state index is -3.41. The summed E-state index contributed by atoms with van der Waals surface area (Å²) in [4.78, 5) is 29.5. The molecule has 4 aromatic rings. The molecule has 37 heavy (non-hydrogen) atoms. The Kier molecular flexibility index (Phi) is 7.46. The lowest BCUT2D eigenvalue weighted by Gasteiger charge is -2.13. The van der Waals surface area contributed by atoms with Gasteiger partial charge in [0.25, 0.3) is 5.91 Å². The van der Waals surface area contributed by atoms with Crippen LogP contribution in [-0.4, -0.2) is 38.1 Å². The van der Waals surface area contributed by atoms with Crippen molar-refractivity contribution in [1.82, 2.24) is 4.98 Å². The first-order valence-electron chi connectivity index (χ1n) is 11.3. The highest BCUT2D eigenvalue weighted by Crippen LogP contribution is 2.34. The van der Waals surface area contributed by atoms with Gasteiger partial charge in [0.1, 0.15) is 18.2 Å². The van der Waals surface area contributed by atoms with Gasteiger partial charge in [0.2, 0.25) is 0 Å². The number of pyridine rings is 1. The second kappa shape index (κ2) is 10.6. The van der Waals surface area contributed by atoms with Crippen LogP contribution in [0.15, 0.2) is 58.9 Å². The molecule has 0 aliphatic carbocycles. The zero-order valence-electron chi connectivity index (χ0n) is 20.4. The van der Waals surface area contributed by atoms with Gasteiger partial charge in [0, 0.05) is 40.2 Å². The van der Waals surface area contributed by atoms with Gasteiger partial charge in [0.05, 0.1) is 21.8 Å². The van der Waals surface area contributed by atoms with Crippen molar-refractivity contribution in [2.24, 2.45) is 0 Å². The normalized spacial score (nSPS) is 11.3. The summed E-state index contributed by atoms with van der Waals surface area (Å²) in [7, 11) is -3.41. The van der Waals surface area contributed by atoms with Crippen LogP contribution in [0.4, 0.5) is 11.5 Å². The Morgan fingerprint density at radius 2 is 1.89 bits per heavy atom. The van der Waals surface area contributed by atoms with Crippen LogP contribution in [0, 0.1) is 6.92 Å². The molecule has 2 aromatic heterocycles. The summed E-state index contributed by atoms with van der Waals surface area (Å²) in [5, 5.41) is 5.23. The summed E-state index contributed by atoms with van der Waals surface area (Å²) in [6, 6.07) is 11.2. The first kappa shape index (κ1) is 26.1. The fourth-order valence-corrected chi connectivity index (χ4v) is 5.49. The molecule has 192 valence electrons. The number of aromatic nitrogens is 1. The van der Waals surface area contributed by atoms with E-state index in [1.807, 2.05) is 5.38 Å². The van der Waals surface area contributed by atoms with Crippen molar-refractivity contribution >= 4 is 54.6 Å². The summed E-state index contributed by atoms with van der Waals surface area (Å²) in [6.07, 6.45) is 2.52. The maximum atomic E-state index is 13.0. The van der Waals surface area contributed by atoms with Gasteiger partial charge in [-0.25, -0.2) is 18.2 Å². The summed E-state index contributed by atoms with van der Waals surface area (Å²) in [5.41, 5.74) is 8.56. The topological polar surface area (TPSA) is 138 Å². The van der Waals surface area contributed by atoms with Crippen molar-refractivity contribution in [3.05, 3.63) is 76.3 Å². The summed E-state index contributed by atoms with van der Waals surface area (Å²) < 4.78 is 35.5. The number of carbonyl (C=O) groups excluding carboxylic acids is 2. The number of benzene rings is 2. The van der Waals surface area contributed by atoms with Gasteiger partial charge in [-0.2, -0.15) is 0 Å². The van der Waals surface area contributed by atoms with Crippen molar-refractivity contribution in [3.8, 4) is 5.75 Å². The third-order valence-electron chi connectivity index (χ3n) is 5.63. The van der Waals surface area contributed by atoms with Crippen LogP contribution in [0.2, 0.25) is 0 Å². The minimum Gasteiger partial charge on any atom is -0.489 e. The number of hydrogen-bond donors (Lipinski definition) is 2. The summed E-state index contributed by atoms with van der Waals surface area (Å²) >= 11 is 1.35. The number of nitrogens with one attached hydrogen (secondary N) is 1. The molecule has 2 aromatic carbocycles. The molecule has 1 amide bonds. The van der Waals surface area contributed by atoms with Crippen LogP contribution < -0.4 is 15.8 Å². The average Bonchev–Trinajstić information content (AvgIpc) is 3.28. The average molecular weight is 540 g/mol. The molecule has 9 nitrogen and oxygen atoms in total. The molecule has 0 aliphatic rings. The number of esters is 1. The van der Waals surface area contributed by atoms with E-state index < -0.39 is 21.7 Å². The first-order valence-corrected chi connectivity index (χ1v) is 14.0. The van der Waals surface area contributed by atoms with Crippen molar-refractivity contribution in [2.75, 3.05) is 23.9 Å². The molecule has 0 fully saturated rings. The largest absolute Gasteiger partial charge is 0.489 e. The van der Waals surface area contributed by atoms with E-state index in [4.69, 9.17) is 15.2 Å². The van der Waals surface area contributed by atoms with Crippen molar-refractivity contribution in [3.63, 3.8) is 0 Å². The summed E-state index contributed by atoms with van der Waals surface area (Å²) in [5.74, 6) is -0.0953. The lowest BCUT2D eigenvalue weighted by atomic mass is 10.1. The van der Waals surface area contributed by atoms with E-state index in [2.05, 4.69) is 10.3 Å². The van der Waals surface area contributed by atoms with Gasteiger partial charge in [-0.15, -0.1) is 11.3 Å². The van der Waals surface area contributed by atoms with E-state index in [0.717, 1.165) is 11.8 Å². The number of carbonyl (C=O) groups is 2. The molecule has 4 rings (SSSR count). The standard InChI is InChI=1S/C26H25N3O6S2/c1-4-34-26(31)20-12-28-24(27)22-16(14-36-23(20)22)13-35-21-10-6-9-19(15(21)2)25(30)29-17-7-5-8-18(11-17)37(3,32)33/h5-12,14H,4,13H2,1-3H3,(H2,27,28)(H,29,30). The number of ether oxygens (including phenoxy) is 2. The Bertz CT molecular complexity index is 1610. The number of sulfone groups is 1. The lowest BCUT2D eigenvalue weighted by Crippen LogP contribution is -2.14. The number of nitrogens with two attached hydrogens (primary N) is 1. The molecule has 0 saturated carbocycles. The van der Waals surface area contributed by atoms with E-state index in [-0.39, 0.29) is 23.9 Å². The van der Waals surface area contributed by atoms with Gasteiger partial charge in [-0.1, -0.05) is 12.1 Å². The van der Waals surface area contributed by atoms with Crippen LogP contribution in [-0.2, 0) is 21.2 Å². The Morgan fingerprint density at radius 1 is 1.14 bits per heavy atom. The molecular weight excluding hydrogens is 514 g/mol. The minimum absolute atomic E-state index is 0.113. The predicted octanol–water partition coefficient (Wildman–Crippen LogP) is 4.60. The second-order valence-electron chi connectivity index (χ2n) is 8.21. The second-order valence-corrected chi connectivity index (χ2v) is 11.1. The molecule has 0 atom stereocenters. The molecule has 0 saturated heterocycles. The van der Waals surface area contributed by atoms with Crippen molar-refractivity contribution < 1.29 is 27.5 Å². The highest BCUT2D eigenvalue weighted by molar-refractivity contribution is 7.90. The molecule has 2 heterocycles. The zero-order chi connectivity index (χ0) is 26.7. The number of nitrogen functional groups attached to an aromatic ring is 1. The van der Waals surface area contributed by atoms with Crippen LogP contribution >= 0.6 is 11.3 Å². The van der Waals surface area contributed by atoms with E-state index in [1.165, 1.54) is 29.7 Å². The fraction of sp³-hybridized carbons (Fsp3) is 0.192. The van der Waals surface area contributed by atoms with Crippen LogP contribution in [0.3, 0.4) is 0 Å². The molecule has 3 N–H and O–H groups in total. The highest BCUT2D eigenvalue weighted by Gasteiger charge is 2.19. The van der Waals surface area contributed by atoms with Gasteiger partial charge in [0.15, 0.2) is 9.84 Å². The van der Waals surface area contributed by atoms with Crippen LogP contribution in [0.5, 0.6) is 5.75 Å². The number of fused-ring (bicyclic) bond motifs is 1. The van der Waals surface area contributed by atoms with Crippen LogP contribution in [0.1, 0.15) is 38.8 Å². The third-order valence-corrected chi connectivity index (χ3v) is 7.80. The molecule has 0 spiro atoms. The van der Waals surface area contributed by atoms with Gasteiger partial charge in [-0.05, 0) is 49.6 Å². The SMILES string of the molecule is CCOC(=O)c1cnc(N)c2c(COc3cccc(C(=O)Nc4cccc(S(C)(=O)=O)c4)c3C)csc12. The Labute approximate surface area is 218 Å². The maximum absolute atomic E-state index is 13.0. The zero-order valence-corrected chi connectivity index (χ0v) is 22.0. The third kappa shape index (κ3) is 5.57. The predicted molar refractivity (Wildman–Crippen MR) is 143 cm³/mol. The number of amides is 1. The maximum Gasteiger partial charge on any atom is 0.341 e. The molecule has 0 unspecified atom stereocenters. The van der Waals surface area contributed by atoms with Gasteiger partial charge in [-0.3, -0.25) is 4.79 Å². The molecule has 0 bridgehead atoms. The number of hydrogen-bond acceptors (Lipinski definition) is 9. The smallest absolute Gasteiger partial charge is 0.341 e. The van der Waals surface area contributed by atoms with E-state index in [1.54, 1.807) is 44.2 Å². The van der Waals surface area contributed by atoms with E-state index in [9.17, 15) is 18.0 Å². The van der Waals surface area contributed by atoms with E-state index >= 15 is 0 Å². The lowest BCUT2D eigenvalue weighted by molar-refractivity contribution is 0.0528. The first-order chi connectivity index (χ1) is 17.6. The number of nitrogens with zero attached hydrogens (tertiary/aromatic N) is 1. The molecular formula is C26H25N3O6S2. The molecule has 0 radical (unpaired) electrons. The Morgan fingerprint density at radius 3 is 2.62 bits per heavy atom. The van der Waals surface area contributed by atoms with Crippen LogP contribution in [0.25, 0.3) is 10.1 Å². The fourth-order valence-electron chi connectivity index (χ4n) is 3.77. The number of anilines is 2. The van der Waals surface area contributed by atoms with Gasteiger partial charge >= 0.3 is 5.97 Å². The summed E-state index contributed by atoms with van der Waals surface area (Å²) in [6.45, 7) is 3.88. The molecule has 11 heteroatoms.